The van der Waals surface area contributed by atoms with Crippen LogP contribution >= 0.6 is 12.2 Å². The molecule has 0 saturated heterocycles. The van der Waals surface area contributed by atoms with Crippen LogP contribution < -0.4 is 15.8 Å². The van der Waals surface area contributed by atoms with Crippen molar-refractivity contribution < 1.29 is 19.0 Å². The van der Waals surface area contributed by atoms with Crippen LogP contribution in [0.2, 0.25) is 0 Å². The molecule has 1 aromatic carbocycles. The molecule has 0 aliphatic rings. The van der Waals surface area contributed by atoms with Gasteiger partial charge in [0.05, 0.1) is 24.8 Å². The van der Waals surface area contributed by atoms with Crippen molar-refractivity contribution in [2.45, 2.75) is 52.0 Å². The number of thiocarbonyl (C=S) groups is 1. The monoisotopic (exact) mass is 354 g/mol. The van der Waals surface area contributed by atoms with Gasteiger partial charge in [0.1, 0.15) is 17.4 Å². The molecule has 1 aromatic rings. The maximum atomic E-state index is 11.9. The molecule has 0 unspecified atom stereocenters. The molecule has 1 amide bonds. The summed E-state index contributed by atoms with van der Waals surface area (Å²) in [6.07, 6.45) is -0.989. The molecule has 24 heavy (non-hydrogen) atoms. The predicted molar refractivity (Wildman–Crippen MR) is 97.2 cm³/mol. The molecule has 3 N–H and O–H groups in total. The van der Waals surface area contributed by atoms with E-state index in [9.17, 15) is 4.79 Å². The van der Waals surface area contributed by atoms with Crippen LogP contribution in [0.15, 0.2) is 24.3 Å². The number of hydrogen-bond acceptors (Lipinski definition) is 5. The molecule has 0 heterocycles. The fourth-order valence-corrected chi connectivity index (χ4v) is 2.15. The number of alkyl carbamates (subject to hydrolysis) is 1. The second-order valence-electron chi connectivity index (χ2n) is 6.39. The summed E-state index contributed by atoms with van der Waals surface area (Å²) in [5.41, 5.74) is 6.10. The number of amides is 1. The van der Waals surface area contributed by atoms with E-state index in [4.69, 9.17) is 32.2 Å². The zero-order chi connectivity index (χ0) is 18.3. The largest absolute Gasteiger partial charge is 0.497 e. The van der Waals surface area contributed by atoms with Crippen molar-refractivity contribution >= 4 is 23.3 Å². The minimum Gasteiger partial charge on any atom is -0.497 e. The zero-order valence-corrected chi connectivity index (χ0v) is 15.6. The Hall–Kier alpha value is -1.86. The molecule has 0 fully saturated rings. The number of rotatable bonds is 7. The Morgan fingerprint density at radius 2 is 1.88 bits per heavy atom. The fourth-order valence-electron chi connectivity index (χ4n) is 1.90. The van der Waals surface area contributed by atoms with Gasteiger partial charge in [-0.3, -0.25) is 0 Å². The second kappa shape index (κ2) is 8.84. The van der Waals surface area contributed by atoms with E-state index in [1.807, 2.05) is 24.3 Å². The zero-order valence-electron chi connectivity index (χ0n) is 14.8. The van der Waals surface area contributed by atoms with Gasteiger partial charge < -0.3 is 25.3 Å². The molecule has 2 atom stereocenters. The molecule has 0 radical (unpaired) electrons. The van der Waals surface area contributed by atoms with Gasteiger partial charge in [0.15, 0.2) is 0 Å². The molecule has 0 aliphatic carbocycles. The van der Waals surface area contributed by atoms with E-state index < -0.39 is 23.8 Å². The van der Waals surface area contributed by atoms with Crippen molar-refractivity contribution in [3.8, 4) is 5.75 Å². The first-order valence-corrected chi connectivity index (χ1v) is 8.06. The summed E-state index contributed by atoms with van der Waals surface area (Å²) in [6.45, 7) is 7.51. The lowest BCUT2D eigenvalue weighted by molar-refractivity contribution is 0.0265. The van der Waals surface area contributed by atoms with E-state index in [0.717, 1.165) is 11.3 Å². The van der Waals surface area contributed by atoms with Gasteiger partial charge in [-0.15, -0.1) is 0 Å². The van der Waals surface area contributed by atoms with E-state index in [2.05, 4.69) is 5.32 Å². The third kappa shape index (κ3) is 7.14. The number of carbonyl (C=O) groups is 1. The Balaban J connectivity index is 2.60. The quantitative estimate of drug-likeness (QED) is 0.733. The van der Waals surface area contributed by atoms with Gasteiger partial charge in [-0.05, 0) is 45.4 Å². The van der Waals surface area contributed by atoms with Crippen LogP contribution in [0.1, 0.15) is 33.3 Å². The van der Waals surface area contributed by atoms with Crippen molar-refractivity contribution in [2.24, 2.45) is 5.73 Å². The predicted octanol–water partition coefficient (Wildman–Crippen LogP) is 2.78. The average molecular weight is 354 g/mol. The maximum Gasteiger partial charge on any atom is 0.408 e. The van der Waals surface area contributed by atoms with Gasteiger partial charge in [-0.2, -0.15) is 0 Å². The third-order valence-corrected chi connectivity index (χ3v) is 3.37. The topological polar surface area (TPSA) is 82.8 Å². The molecule has 0 aromatic heterocycles. The average Bonchev–Trinajstić information content (AvgIpc) is 2.48. The molecular formula is C17H26N2O4S. The third-order valence-electron chi connectivity index (χ3n) is 3.12. The highest BCUT2D eigenvalue weighted by Gasteiger charge is 2.26. The van der Waals surface area contributed by atoms with Gasteiger partial charge in [-0.25, -0.2) is 4.79 Å². The van der Waals surface area contributed by atoms with Crippen molar-refractivity contribution in [2.75, 3.05) is 7.11 Å². The molecule has 0 saturated carbocycles. The fraction of sp³-hybridized carbons (Fsp3) is 0.529. The van der Waals surface area contributed by atoms with E-state index in [-0.39, 0.29) is 4.99 Å². The standard InChI is InChI=1S/C17H26N2O4S/c1-11(22-10-12-6-8-13(21-5)9-7-12)14(15(18)24)19-16(20)23-17(2,3)4/h6-9,11,14H,10H2,1-5H3,(H2,18,24)(H,19,20)/t11-,14+/m1/s1. The number of carbonyl (C=O) groups excluding carboxylic acids is 1. The summed E-state index contributed by atoms with van der Waals surface area (Å²) < 4.78 is 16.1. The van der Waals surface area contributed by atoms with E-state index in [1.54, 1.807) is 34.8 Å². The first kappa shape index (κ1) is 20.2. The minimum absolute atomic E-state index is 0.142. The first-order chi connectivity index (χ1) is 11.1. The summed E-state index contributed by atoms with van der Waals surface area (Å²) in [6, 6.07) is 6.90. The minimum atomic E-state index is -0.618. The Labute approximate surface area is 148 Å². The van der Waals surface area contributed by atoms with Crippen molar-refractivity contribution in [3.63, 3.8) is 0 Å². The molecule has 1 rings (SSSR count). The lowest BCUT2D eigenvalue weighted by atomic mass is 10.1. The molecule has 0 bridgehead atoms. The van der Waals surface area contributed by atoms with Gasteiger partial charge in [0.2, 0.25) is 0 Å². The lowest BCUT2D eigenvalue weighted by Crippen LogP contribution is -2.51. The first-order valence-electron chi connectivity index (χ1n) is 7.65. The molecule has 6 nitrogen and oxygen atoms in total. The van der Waals surface area contributed by atoms with Crippen LogP contribution in [0.5, 0.6) is 5.75 Å². The summed E-state index contributed by atoms with van der Waals surface area (Å²) in [4.78, 5) is 12.0. The highest BCUT2D eigenvalue weighted by Crippen LogP contribution is 2.14. The number of nitrogens with one attached hydrogen (secondary N) is 1. The highest BCUT2D eigenvalue weighted by atomic mass is 32.1. The summed E-state index contributed by atoms with van der Waals surface area (Å²) in [5, 5.41) is 2.65. The van der Waals surface area contributed by atoms with Gasteiger partial charge in [0, 0.05) is 0 Å². The second-order valence-corrected chi connectivity index (χ2v) is 6.86. The van der Waals surface area contributed by atoms with Crippen molar-refractivity contribution in [3.05, 3.63) is 29.8 Å². The molecule has 134 valence electrons. The van der Waals surface area contributed by atoms with E-state index >= 15 is 0 Å². The Morgan fingerprint density at radius 3 is 2.33 bits per heavy atom. The van der Waals surface area contributed by atoms with E-state index in [1.165, 1.54) is 0 Å². The Morgan fingerprint density at radius 1 is 1.29 bits per heavy atom. The smallest absolute Gasteiger partial charge is 0.408 e. The van der Waals surface area contributed by atoms with Crippen molar-refractivity contribution in [1.82, 2.24) is 5.32 Å². The maximum absolute atomic E-state index is 11.9. The van der Waals surface area contributed by atoms with Crippen LogP contribution in [-0.2, 0) is 16.1 Å². The molecule has 0 aliphatic heterocycles. The number of methoxy groups -OCH3 is 1. The summed E-state index contributed by atoms with van der Waals surface area (Å²) >= 11 is 5.03. The number of ether oxygens (including phenoxy) is 3. The lowest BCUT2D eigenvalue weighted by Gasteiger charge is -2.26. The normalized spacial score (nSPS) is 13.7. The summed E-state index contributed by atoms with van der Waals surface area (Å²) in [7, 11) is 1.61. The summed E-state index contributed by atoms with van der Waals surface area (Å²) in [5.74, 6) is 0.777. The van der Waals surface area contributed by atoms with Crippen molar-refractivity contribution in [1.29, 1.82) is 0 Å². The highest BCUT2D eigenvalue weighted by molar-refractivity contribution is 7.80. The van der Waals surface area contributed by atoms with Crippen LogP contribution in [0.3, 0.4) is 0 Å². The van der Waals surface area contributed by atoms with E-state index in [0.29, 0.717) is 6.61 Å². The molecule has 0 spiro atoms. The van der Waals surface area contributed by atoms with Crippen LogP contribution in [0.4, 0.5) is 4.79 Å². The number of nitrogens with two attached hydrogens (primary N) is 1. The van der Waals surface area contributed by atoms with Crippen LogP contribution in [-0.4, -0.2) is 35.9 Å². The van der Waals surface area contributed by atoms with Crippen LogP contribution in [0.25, 0.3) is 0 Å². The van der Waals surface area contributed by atoms with Gasteiger partial charge in [-0.1, -0.05) is 24.4 Å². The Kier molecular flexibility index (Phi) is 7.44. The number of benzene rings is 1. The van der Waals surface area contributed by atoms with Gasteiger partial charge in [0.25, 0.3) is 0 Å². The number of hydrogen-bond donors (Lipinski definition) is 2. The Bertz CT molecular complexity index is 555. The molecular weight excluding hydrogens is 328 g/mol. The SMILES string of the molecule is COc1ccc(CO[C@H](C)[C@H](NC(=O)OC(C)(C)C)C(N)=S)cc1. The molecule has 7 heteroatoms. The van der Waals surface area contributed by atoms with Gasteiger partial charge >= 0.3 is 6.09 Å². The van der Waals surface area contributed by atoms with Crippen LogP contribution in [0, 0.1) is 0 Å².